The van der Waals surface area contributed by atoms with Gasteiger partial charge in [0.05, 0.1) is 7.11 Å². The van der Waals surface area contributed by atoms with Crippen molar-refractivity contribution in [2.75, 3.05) is 14.2 Å². The van der Waals surface area contributed by atoms with Crippen molar-refractivity contribution in [2.45, 2.75) is 72.8 Å². The Labute approximate surface area is 182 Å². The summed E-state index contributed by atoms with van der Waals surface area (Å²) < 4.78 is 10.7. The number of nitrogens with one attached hydrogen (secondary N) is 1. The van der Waals surface area contributed by atoms with E-state index in [0.29, 0.717) is 6.42 Å². The van der Waals surface area contributed by atoms with Gasteiger partial charge in [-0.25, -0.2) is 4.79 Å². The first-order chi connectivity index (χ1) is 14.2. The monoisotopic (exact) mass is 417 g/mol. The molecule has 0 aromatic heterocycles. The standard InChI is InChI=1S/C25H39NO4/c1-17(2)10-8-11-18(3)12-9-13-19(4)14-15-21-20(5)24(27)23(29-7)16-22(21)30-25(28)26-6/h10,12,14,16,20-22H,8-9,11,13,15H2,1-7H3,(H,26,28). The zero-order chi connectivity index (χ0) is 22.7. The van der Waals surface area contributed by atoms with Crippen molar-refractivity contribution < 1.29 is 19.1 Å². The molecule has 0 fully saturated rings. The Balaban J connectivity index is 2.71. The number of hydrogen-bond donors (Lipinski definition) is 1. The molecule has 168 valence electrons. The van der Waals surface area contributed by atoms with Crippen LogP contribution < -0.4 is 5.32 Å². The third-order valence-corrected chi connectivity index (χ3v) is 5.56. The predicted octanol–water partition coefficient (Wildman–Crippen LogP) is 5.89. The van der Waals surface area contributed by atoms with Gasteiger partial charge in [-0.15, -0.1) is 0 Å². The summed E-state index contributed by atoms with van der Waals surface area (Å²) in [4.78, 5) is 24.3. The zero-order valence-electron chi connectivity index (χ0n) is 19.7. The first-order valence-electron chi connectivity index (χ1n) is 10.8. The van der Waals surface area contributed by atoms with E-state index in [1.807, 2.05) is 6.92 Å². The second-order valence-corrected chi connectivity index (χ2v) is 8.37. The van der Waals surface area contributed by atoms with Crippen molar-refractivity contribution >= 4 is 11.9 Å². The van der Waals surface area contributed by atoms with Gasteiger partial charge in [-0.1, -0.05) is 41.9 Å². The number of ketones is 1. The van der Waals surface area contributed by atoms with Crippen LogP contribution in [-0.2, 0) is 14.3 Å². The fourth-order valence-corrected chi connectivity index (χ4v) is 3.55. The summed E-state index contributed by atoms with van der Waals surface area (Å²) in [6.07, 6.45) is 12.3. The van der Waals surface area contributed by atoms with E-state index in [1.54, 1.807) is 6.08 Å². The molecule has 5 heteroatoms. The van der Waals surface area contributed by atoms with Crippen LogP contribution in [0.4, 0.5) is 4.79 Å². The highest BCUT2D eigenvalue weighted by Crippen LogP contribution is 2.32. The van der Waals surface area contributed by atoms with E-state index in [4.69, 9.17) is 9.47 Å². The maximum absolute atomic E-state index is 12.5. The van der Waals surface area contributed by atoms with Crippen LogP contribution in [0, 0.1) is 11.8 Å². The van der Waals surface area contributed by atoms with Gasteiger partial charge in [0.1, 0.15) is 6.10 Å². The minimum atomic E-state index is -0.507. The molecule has 0 radical (unpaired) electrons. The van der Waals surface area contributed by atoms with Gasteiger partial charge in [0.15, 0.2) is 11.5 Å². The Bertz CT molecular complexity index is 711. The third kappa shape index (κ3) is 8.60. The van der Waals surface area contributed by atoms with E-state index < -0.39 is 12.2 Å². The molecule has 5 nitrogen and oxygen atoms in total. The number of allylic oxidation sites excluding steroid dienone is 7. The Hall–Kier alpha value is -2.30. The average molecular weight is 418 g/mol. The molecule has 1 amide bonds. The second kappa shape index (κ2) is 13.1. The van der Waals surface area contributed by atoms with E-state index >= 15 is 0 Å². The number of ether oxygens (including phenoxy) is 2. The van der Waals surface area contributed by atoms with Gasteiger partial charge in [0, 0.05) is 25.0 Å². The SMILES string of the molecule is CNC(=O)OC1C=C(OC)C(=O)C(C)C1CC=C(C)CCC=C(C)CCC=C(C)C. The molecule has 0 heterocycles. The van der Waals surface area contributed by atoms with Gasteiger partial charge >= 0.3 is 6.09 Å². The fraction of sp³-hybridized carbons (Fsp3) is 0.600. The van der Waals surface area contributed by atoms with Crippen molar-refractivity contribution in [1.29, 1.82) is 0 Å². The zero-order valence-corrected chi connectivity index (χ0v) is 19.7. The number of amides is 1. The summed E-state index contributed by atoms with van der Waals surface area (Å²) in [6, 6.07) is 0. The van der Waals surface area contributed by atoms with Crippen molar-refractivity contribution in [3.63, 3.8) is 0 Å². The van der Waals surface area contributed by atoms with Crippen LogP contribution in [0.3, 0.4) is 0 Å². The van der Waals surface area contributed by atoms with Gasteiger partial charge in [-0.2, -0.15) is 0 Å². The van der Waals surface area contributed by atoms with Crippen LogP contribution >= 0.6 is 0 Å². The molecule has 0 spiro atoms. The highest BCUT2D eigenvalue weighted by Gasteiger charge is 2.38. The van der Waals surface area contributed by atoms with Gasteiger partial charge in [0.2, 0.25) is 0 Å². The van der Waals surface area contributed by atoms with E-state index in [1.165, 1.54) is 30.9 Å². The quantitative estimate of drug-likeness (QED) is 0.450. The van der Waals surface area contributed by atoms with Gasteiger partial charge < -0.3 is 14.8 Å². The number of rotatable bonds is 10. The summed E-state index contributed by atoms with van der Waals surface area (Å²) >= 11 is 0. The Kier molecular flexibility index (Phi) is 11.2. The number of hydrogen-bond acceptors (Lipinski definition) is 4. The molecule has 3 atom stereocenters. The van der Waals surface area contributed by atoms with Crippen LogP contribution in [0.2, 0.25) is 0 Å². The normalized spacial score (nSPS) is 22.3. The lowest BCUT2D eigenvalue weighted by molar-refractivity contribution is -0.126. The lowest BCUT2D eigenvalue weighted by Crippen LogP contribution is -2.40. The topological polar surface area (TPSA) is 64.6 Å². The second-order valence-electron chi connectivity index (χ2n) is 8.37. The van der Waals surface area contributed by atoms with Crippen molar-refractivity contribution in [1.82, 2.24) is 5.32 Å². The fourth-order valence-electron chi connectivity index (χ4n) is 3.55. The third-order valence-electron chi connectivity index (χ3n) is 5.56. The first-order valence-corrected chi connectivity index (χ1v) is 10.8. The minimum Gasteiger partial charge on any atom is -0.493 e. The van der Waals surface area contributed by atoms with Gasteiger partial charge in [0.25, 0.3) is 0 Å². The maximum Gasteiger partial charge on any atom is 0.407 e. The summed E-state index contributed by atoms with van der Waals surface area (Å²) in [7, 11) is 2.99. The molecule has 0 saturated heterocycles. The number of Topliss-reactive ketones (excluding diaryl/α,β-unsaturated/α-hetero) is 1. The number of carbonyl (C=O) groups is 2. The van der Waals surface area contributed by atoms with Gasteiger partial charge in [-0.3, -0.25) is 4.79 Å². The molecule has 0 bridgehead atoms. The summed E-state index contributed by atoms with van der Waals surface area (Å²) in [6.45, 7) is 10.4. The van der Waals surface area contributed by atoms with Gasteiger partial charge in [-0.05, 0) is 59.8 Å². The number of alkyl carbamates (subject to hydrolysis) is 1. The highest BCUT2D eigenvalue weighted by molar-refractivity contribution is 5.96. The van der Waals surface area contributed by atoms with Crippen molar-refractivity contribution in [3.05, 3.63) is 46.8 Å². The minimum absolute atomic E-state index is 0.0415. The van der Waals surface area contributed by atoms with Crippen LogP contribution in [0.15, 0.2) is 46.8 Å². The number of methoxy groups -OCH3 is 1. The molecule has 0 saturated carbocycles. The van der Waals surface area contributed by atoms with E-state index in [0.717, 1.165) is 25.7 Å². The first kappa shape index (κ1) is 25.7. The summed E-state index contributed by atoms with van der Waals surface area (Å²) in [5.74, 6) is -0.159. The lowest BCUT2D eigenvalue weighted by Gasteiger charge is -2.32. The molecule has 1 aliphatic carbocycles. The maximum atomic E-state index is 12.5. The van der Waals surface area contributed by atoms with Crippen molar-refractivity contribution in [3.8, 4) is 0 Å². The summed E-state index contributed by atoms with van der Waals surface area (Å²) in [5.41, 5.74) is 4.06. The largest absolute Gasteiger partial charge is 0.493 e. The van der Waals surface area contributed by atoms with Crippen LogP contribution in [0.5, 0.6) is 0 Å². The van der Waals surface area contributed by atoms with Crippen LogP contribution in [0.25, 0.3) is 0 Å². The number of carbonyl (C=O) groups excluding carboxylic acids is 2. The molecular formula is C25H39NO4. The highest BCUT2D eigenvalue weighted by atomic mass is 16.6. The smallest absolute Gasteiger partial charge is 0.407 e. The Morgan fingerprint density at radius 2 is 1.67 bits per heavy atom. The van der Waals surface area contributed by atoms with Crippen molar-refractivity contribution in [2.24, 2.45) is 11.8 Å². The molecule has 0 aromatic carbocycles. The van der Waals surface area contributed by atoms with Crippen LogP contribution in [0.1, 0.15) is 66.7 Å². The molecule has 0 aliphatic heterocycles. The molecule has 3 unspecified atom stereocenters. The van der Waals surface area contributed by atoms with E-state index in [2.05, 4.69) is 51.2 Å². The van der Waals surface area contributed by atoms with E-state index in [9.17, 15) is 9.59 Å². The Morgan fingerprint density at radius 3 is 2.23 bits per heavy atom. The molecule has 1 N–H and O–H groups in total. The molecular weight excluding hydrogens is 378 g/mol. The van der Waals surface area contributed by atoms with Crippen LogP contribution in [-0.4, -0.2) is 32.1 Å². The molecule has 30 heavy (non-hydrogen) atoms. The predicted molar refractivity (Wildman–Crippen MR) is 122 cm³/mol. The molecule has 0 aromatic rings. The van der Waals surface area contributed by atoms with E-state index in [-0.39, 0.29) is 23.4 Å². The Morgan fingerprint density at radius 1 is 1.07 bits per heavy atom. The molecule has 1 rings (SSSR count). The lowest BCUT2D eigenvalue weighted by atomic mass is 9.78. The summed E-state index contributed by atoms with van der Waals surface area (Å²) in [5, 5.41) is 2.47. The average Bonchev–Trinajstić information content (AvgIpc) is 2.69. The molecule has 1 aliphatic rings.